The topological polar surface area (TPSA) is 32.8 Å². The third-order valence-electron chi connectivity index (χ3n) is 3.06. The molecule has 1 aliphatic rings. The summed E-state index contributed by atoms with van der Waals surface area (Å²) in [5.74, 6) is -0.145. The summed E-state index contributed by atoms with van der Waals surface area (Å²) in [6.07, 6.45) is 1.17. The van der Waals surface area contributed by atoms with E-state index in [2.05, 4.69) is 18.7 Å². The molecule has 1 saturated heterocycles. The number of rotatable bonds is 3. The molecule has 0 aliphatic carbocycles. The minimum atomic E-state index is -0.427. The Kier molecular flexibility index (Phi) is 4.95. The molecule has 0 bridgehead atoms. The highest BCUT2D eigenvalue weighted by atomic mass is 16.7. The van der Waals surface area contributed by atoms with Gasteiger partial charge < -0.3 is 4.84 Å². The van der Waals surface area contributed by atoms with Crippen molar-refractivity contribution in [3.05, 3.63) is 0 Å². The first-order valence-electron chi connectivity index (χ1n) is 6.56. The molecule has 4 nitrogen and oxygen atoms in total. The van der Waals surface area contributed by atoms with E-state index in [1.165, 1.54) is 6.42 Å². The van der Waals surface area contributed by atoms with E-state index >= 15 is 0 Å². The van der Waals surface area contributed by atoms with Crippen molar-refractivity contribution in [1.29, 1.82) is 0 Å². The molecule has 0 radical (unpaired) electrons. The van der Waals surface area contributed by atoms with Crippen LogP contribution in [0.3, 0.4) is 0 Å². The maximum Gasteiger partial charge on any atom is 0.330 e. The van der Waals surface area contributed by atoms with E-state index < -0.39 is 5.41 Å². The second-order valence-corrected chi connectivity index (χ2v) is 5.90. The van der Waals surface area contributed by atoms with Crippen molar-refractivity contribution in [2.45, 2.75) is 47.1 Å². The molecule has 0 aromatic heterocycles. The van der Waals surface area contributed by atoms with Crippen LogP contribution < -0.4 is 0 Å². The summed E-state index contributed by atoms with van der Waals surface area (Å²) in [5.41, 5.74) is -0.427. The minimum Gasteiger partial charge on any atom is -0.367 e. The van der Waals surface area contributed by atoms with Crippen molar-refractivity contribution < 1.29 is 9.63 Å². The fourth-order valence-corrected chi connectivity index (χ4v) is 1.92. The average Bonchev–Trinajstić information content (AvgIpc) is 2.21. The number of carbonyl (C=O) groups excluding carboxylic acids is 1. The average molecular weight is 242 g/mol. The largest absolute Gasteiger partial charge is 0.367 e. The number of nitrogens with zero attached hydrogens (tertiary/aromatic N) is 2. The third-order valence-corrected chi connectivity index (χ3v) is 3.06. The Hall–Kier alpha value is -0.610. The summed E-state index contributed by atoms with van der Waals surface area (Å²) >= 11 is 0. The van der Waals surface area contributed by atoms with E-state index in [4.69, 9.17) is 4.84 Å². The van der Waals surface area contributed by atoms with Gasteiger partial charge in [-0.1, -0.05) is 6.92 Å². The van der Waals surface area contributed by atoms with Crippen molar-refractivity contribution in [2.24, 2.45) is 5.41 Å². The maximum atomic E-state index is 11.8. The fourth-order valence-electron chi connectivity index (χ4n) is 1.92. The summed E-state index contributed by atoms with van der Waals surface area (Å²) in [7, 11) is 0. The first-order chi connectivity index (χ1) is 7.84. The lowest BCUT2D eigenvalue weighted by atomic mass is 9.98. The van der Waals surface area contributed by atoms with Gasteiger partial charge in [-0.25, -0.2) is 4.79 Å². The lowest BCUT2D eigenvalue weighted by Crippen LogP contribution is -2.52. The maximum absolute atomic E-state index is 11.8. The van der Waals surface area contributed by atoms with Gasteiger partial charge in [0.05, 0.1) is 12.0 Å². The highest BCUT2D eigenvalue weighted by Gasteiger charge is 2.29. The molecule has 1 atom stereocenters. The van der Waals surface area contributed by atoms with E-state index in [1.54, 1.807) is 0 Å². The van der Waals surface area contributed by atoms with Crippen LogP contribution in [0.15, 0.2) is 0 Å². The Morgan fingerprint density at radius 2 is 2.00 bits per heavy atom. The highest BCUT2D eigenvalue weighted by molar-refractivity contribution is 5.75. The van der Waals surface area contributed by atoms with Crippen LogP contribution in [0.2, 0.25) is 0 Å². The first kappa shape index (κ1) is 14.5. The van der Waals surface area contributed by atoms with E-state index in [0.29, 0.717) is 6.04 Å². The Labute approximate surface area is 105 Å². The summed E-state index contributed by atoms with van der Waals surface area (Å²) < 4.78 is 0. The van der Waals surface area contributed by atoms with Gasteiger partial charge in [-0.2, -0.15) is 0 Å². The van der Waals surface area contributed by atoms with Crippen molar-refractivity contribution in [3.8, 4) is 0 Å². The molecule has 1 heterocycles. The second kappa shape index (κ2) is 5.83. The second-order valence-electron chi connectivity index (χ2n) is 5.90. The van der Waals surface area contributed by atoms with Crippen molar-refractivity contribution >= 4 is 5.97 Å². The van der Waals surface area contributed by atoms with E-state index in [-0.39, 0.29) is 5.97 Å². The molecule has 1 fully saturated rings. The monoisotopic (exact) mass is 242 g/mol. The number of hydrogen-bond donors (Lipinski definition) is 0. The Bertz CT molecular complexity index is 261. The van der Waals surface area contributed by atoms with Gasteiger partial charge in [0.15, 0.2) is 0 Å². The van der Waals surface area contributed by atoms with E-state index in [9.17, 15) is 4.79 Å². The molecule has 1 aliphatic heterocycles. The molecule has 0 N–H and O–H groups in total. The van der Waals surface area contributed by atoms with E-state index in [0.717, 1.165) is 26.2 Å². The minimum absolute atomic E-state index is 0.145. The van der Waals surface area contributed by atoms with Gasteiger partial charge in [0.1, 0.15) is 0 Å². The van der Waals surface area contributed by atoms with Crippen LogP contribution in [-0.4, -0.2) is 48.2 Å². The Morgan fingerprint density at radius 3 is 2.47 bits per heavy atom. The van der Waals surface area contributed by atoms with Crippen LogP contribution in [0.5, 0.6) is 0 Å². The summed E-state index contributed by atoms with van der Waals surface area (Å²) in [5, 5.41) is 1.81. The SMILES string of the molecule is CCCN1CCN(OC(=O)C(C)(C)C)C[C@H]1C. The normalized spacial score (nSPS) is 23.7. The summed E-state index contributed by atoms with van der Waals surface area (Å²) in [6.45, 7) is 13.7. The molecule has 0 saturated carbocycles. The molecule has 0 aromatic rings. The van der Waals surface area contributed by atoms with Crippen LogP contribution in [0.25, 0.3) is 0 Å². The zero-order chi connectivity index (χ0) is 13.1. The van der Waals surface area contributed by atoms with Crippen LogP contribution >= 0.6 is 0 Å². The molecule has 100 valence electrons. The molecule has 4 heteroatoms. The zero-order valence-electron chi connectivity index (χ0n) is 11.8. The predicted molar refractivity (Wildman–Crippen MR) is 68.4 cm³/mol. The van der Waals surface area contributed by atoms with Crippen molar-refractivity contribution in [2.75, 3.05) is 26.2 Å². The van der Waals surface area contributed by atoms with Crippen LogP contribution in [0, 0.1) is 5.41 Å². The van der Waals surface area contributed by atoms with Gasteiger partial charge in [-0.3, -0.25) is 4.90 Å². The molecule has 0 aromatic carbocycles. The van der Waals surface area contributed by atoms with Gasteiger partial charge in [0.25, 0.3) is 0 Å². The fraction of sp³-hybridized carbons (Fsp3) is 0.923. The molecular weight excluding hydrogens is 216 g/mol. The summed E-state index contributed by atoms with van der Waals surface area (Å²) in [4.78, 5) is 19.6. The Balaban J connectivity index is 2.42. The quantitative estimate of drug-likeness (QED) is 0.757. The molecule has 0 amide bonds. The lowest BCUT2D eigenvalue weighted by Gasteiger charge is -2.39. The molecule has 0 unspecified atom stereocenters. The van der Waals surface area contributed by atoms with Gasteiger partial charge in [-0.05, 0) is 40.7 Å². The lowest BCUT2D eigenvalue weighted by molar-refractivity contribution is -0.210. The van der Waals surface area contributed by atoms with Crippen molar-refractivity contribution in [3.63, 3.8) is 0 Å². The molecular formula is C13H26N2O2. The van der Waals surface area contributed by atoms with E-state index in [1.807, 2.05) is 25.8 Å². The number of piperazine rings is 1. The molecule has 0 spiro atoms. The van der Waals surface area contributed by atoms with Gasteiger partial charge in [-0.15, -0.1) is 5.06 Å². The summed E-state index contributed by atoms with van der Waals surface area (Å²) in [6, 6.07) is 0.455. The first-order valence-corrected chi connectivity index (χ1v) is 6.56. The van der Waals surface area contributed by atoms with Gasteiger partial charge >= 0.3 is 5.97 Å². The van der Waals surface area contributed by atoms with Crippen LogP contribution in [0.4, 0.5) is 0 Å². The third kappa shape index (κ3) is 4.28. The van der Waals surface area contributed by atoms with Gasteiger partial charge in [0.2, 0.25) is 0 Å². The molecule has 1 rings (SSSR count). The van der Waals surface area contributed by atoms with Crippen LogP contribution in [0.1, 0.15) is 41.0 Å². The van der Waals surface area contributed by atoms with Gasteiger partial charge in [0, 0.05) is 19.1 Å². The Morgan fingerprint density at radius 1 is 1.35 bits per heavy atom. The van der Waals surface area contributed by atoms with Crippen LogP contribution in [-0.2, 0) is 9.63 Å². The molecule has 17 heavy (non-hydrogen) atoms. The number of hydroxylamine groups is 2. The zero-order valence-corrected chi connectivity index (χ0v) is 11.8. The predicted octanol–water partition coefficient (Wildman–Crippen LogP) is 1.91. The number of carbonyl (C=O) groups is 1. The van der Waals surface area contributed by atoms with Crippen molar-refractivity contribution in [1.82, 2.24) is 9.96 Å². The smallest absolute Gasteiger partial charge is 0.330 e. The number of hydrogen-bond acceptors (Lipinski definition) is 4. The highest BCUT2D eigenvalue weighted by Crippen LogP contribution is 2.18. The standard InChI is InChI=1S/C13H26N2O2/c1-6-7-14-8-9-15(10-11(14)2)17-12(16)13(3,4)5/h11H,6-10H2,1-5H3/t11-/m1/s1.